The van der Waals surface area contributed by atoms with Crippen molar-refractivity contribution in [2.75, 3.05) is 5.75 Å². The van der Waals surface area contributed by atoms with Crippen molar-refractivity contribution in [3.63, 3.8) is 0 Å². The number of benzene rings is 1. The molecule has 0 radical (unpaired) electrons. The number of hydrogen-bond acceptors (Lipinski definition) is 6. The first-order chi connectivity index (χ1) is 12.9. The van der Waals surface area contributed by atoms with Crippen molar-refractivity contribution in [3.05, 3.63) is 27.3 Å². The standard InChI is InChI=1S/C16H16F3IO7S/c17-16(18,19)13(8-28(23,24)25)27-15(22)11-6-5-10(20)7-12(11)26-14(21)9-3-1-2-4-9/h5-7,9,13H,1-4,8H2,(H,23,24,25). The van der Waals surface area contributed by atoms with Crippen molar-refractivity contribution < 1.29 is 45.2 Å². The van der Waals surface area contributed by atoms with Crippen molar-refractivity contribution in [3.8, 4) is 5.75 Å². The number of hydrogen-bond donors (Lipinski definition) is 1. The molecule has 0 heterocycles. The van der Waals surface area contributed by atoms with E-state index >= 15 is 0 Å². The fraction of sp³-hybridized carbons (Fsp3) is 0.500. The molecule has 0 aliphatic heterocycles. The Kier molecular flexibility index (Phi) is 7.31. The summed E-state index contributed by atoms with van der Waals surface area (Å²) in [7, 11) is -5.06. The van der Waals surface area contributed by atoms with E-state index in [1.165, 1.54) is 12.1 Å². The maximum absolute atomic E-state index is 13.0. The van der Waals surface area contributed by atoms with Crippen LogP contribution in [0.25, 0.3) is 0 Å². The zero-order chi connectivity index (χ0) is 21.1. The van der Waals surface area contributed by atoms with Crippen molar-refractivity contribution in [2.24, 2.45) is 5.92 Å². The molecule has 12 heteroatoms. The van der Waals surface area contributed by atoms with Crippen LogP contribution in [-0.4, -0.2) is 42.9 Å². The van der Waals surface area contributed by atoms with E-state index in [-0.39, 0.29) is 11.7 Å². The van der Waals surface area contributed by atoms with Gasteiger partial charge in [-0.1, -0.05) is 12.8 Å². The van der Waals surface area contributed by atoms with Crippen LogP contribution in [0.1, 0.15) is 36.0 Å². The summed E-state index contributed by atoms with van der Waals surface area (Å²) in [6, 6.07) is 3.78. The summed E-state index contributed by atoms with van der Waals surface area (Å²) in [6.45, 7) is 0. The normalized spacial score (nSPS) is 16.6. The van der Waals surface area contributed by atoms with Gasteiger partial charge in [0, 0.05) is 3.57 Å². The zero-order valence-electron chi connectivity index (χ0n) is 14.2. The Morgan fingerprint density at radius 1 is 1.25 bits per heavy atom. The zero-order valence-corrected chi connectivity index (χ0v) is 17.2. The quantitative estimate of drug-likeness (QED) is 0.257. The second kappa shape index (κ2) is 8.95. The number of carbonyl (C=O) groups is 2. The van der Waals surface area contributed by atoms with Crippen LogP contribution >= 0.6 is 22.6 Å². The van der Waals surface area contributed by atoms with Crippen LogP contribution < -0.4 is 4.74 Å². The largest absolute Gasteiger partial charge is 0.448 e. The van der Waals surface area contributed by atoms with Gasteiger partial charge in [0.25, 0.3) is 10.1 Å². The minimum Gasteiger partial charge on any atom is -0.448 e. The van der Waals surface area contributed by atoms with Crippen LogP contribution in [0, 0.1) is 9.49 Å². The molecule has 28 heavy (non-hydrogen) atoms. The van der Waals surface area contributed by atoms with E-state index in [2.05, 4.69) is 4.74 Å². The molecule has 0 amide bonds. The van der Waals surface area contributed by atoms with Crippen LogP contribution in [0.3, 0.4) is 0 Å². The Balaban J connectivity index is 2.25. The first-order valence-corrected chi connectivity index (χ1v) is 10.8. The Bertz CT molecular complexity index is 848. The van der Waals surface area contributed by atoms with Gasteiger partial charge in [0.1, 0.15) is 17.1 Å². The topological polar surface area (TPSA) is 107 Å². The average Bonchev–Trinajstić information content (AvgIpc) is 3.06. The minimum absolute atomic E-state index is 0.276. The maximum atomic E-state index is 13.0. The van der Waals surface area contributed by atoms with Gasteiger partial charge in [0.2, 0.25) is 6.10 Å². The van der Waals surface area contributed by atoms with Crippen molar-refractivity contribution in [2.45, 2.75) is 38.0 Å². The van der Waals surface area contributed by atoms with Gasteiger partial charge in [0.15, 0.2) is 0 Å². The summed E-state index contributed by atoms with van der Waals surface area (Å²) in [6.07, 6.45) is -5.36. The number of alkyl halides is 3. The monoisotopic (exact) mass is 536 g/mol. The Hall–Kier alpha value is -1.41. The molecule has 1 saturated carbocycles. The van der Waals surface area contributed by atoms with Crippen LogP contribution in [0.15, 0.2) is 18.2 Å². The lowest BCUT2D eigenvalue weighted by Crippen LogP contribution is -2.39. The highest BCUT2D eigenvalue weighted by atomic mass is 127. The number of halogens is 4. The van der Waals surface area contributed by atoms with E-state index in [1.807, 2.05) is 22.6 Å². The van der Waals surface area contributed by atoms with Gasteiger partial charge in [-0.25, -0.2) is 4.79 Å². The van der Waals surface area contributed by atoms with Crippen LogP contribution in [-0.2, 0) is 19.6 Å². The molecule has 0 spiro atoms. The summed E-state index contributed by atoms with van der Waals surface area (Å²) >= 11 is 1.86. The van der Waals surface area contributed by atoms with Gasteiger partial charge in [-0.05, 0) is 53.6 Å². The average molecular weight is 536 g/mol. The van der Waals surface area contributed by atoms with Crippen molar-refractivity contribution in [1.82, 2.24) is 0 Å². The molecular weight excluding hydrogens is 520 g/mol. The Morgan fingerprint density at radius 2 is 1.86 bits per heavy atom. The van der Waals surface area contributed by atoms with Gasteiger partial charge in [0.05, 0.1) is 5.92 Å². The Morgan fingerprint density at radius 3 is 2.39 bits per heavy atom. The molecule has 1 aromatic rings. The number of ether oxygens (including phenoxy) is 2. The minimum atomic E-state index is -5.23. The predicted octanol–water partition coefficient (Wildman–Crippen LogP) is 3.36. The van der Waals surface area contributed by atoms with Gasteiger partial charge < -0.3 is 9.47 Å². The maximum Gasteiger partial charge on any atom is 0.426 e. The molecule has 1 atom stereocenters. The first-order valence-electron chi connectivity index (χ1n) is 8.11. The fourth-order valence-electron chi connectivity index (χ4n) is 2.68. The second-order valence-corrected chi connectivity index (χ2v) is 8.97. The van der Waals surface area contributed by atoms with E-state index in [4.69, 9.17) is 9.29 Å². The molecule has 1 unspecified atom stereocenters. The van der Waals surface area contributed by atoms with E-state index in [0.717, 1.165) is 18.9 Å². The van der Waals surface area contributed by atoms with Gasteiger partial charge in [-0.2, -0.15) is 21.6 Å². The third-order valence-corrected chi connectivity index (χ3v) is 5.43. The van der Waals surface area contributed by atoms with Crippen LogP contribution in [0.2, 0.25) is 0 Å². The molecule has 0 bridgehead atoms. The smallest absolute Gasteiger partial charge is 0.426 e. The van der Waals surface area contributed by atoms with E-state index in [9.17, 15) is 31.2 Å². The fourth-order valence-corrected chi connectivity index (χ4v) is 3.78. The predicted molar refractivity (Wildman–Crippen MR) is 98.4 cm³/mol. The SMILES string of the molecule is O=C(OC(CS(=O)(=O)O)C(F)(F)F)c1ccc(I)cc1OC(=O)C1CCCC1. The lowest BCUT2D eigenvalue weighted by molar-refractivity contribution is -0.197. The third kappa shape index (κ3) is 6.58. The van der Waals surface area contributed by atoms with E-state index < -0.39 is 45.7 Å². The molecule has 7 nitrogen and oxygen atoms in total. The van der Waals surface area contributed by atoms with E-state index in [1.54, 1.807) is 0 Å². The van der Waals surface area contributed by atoms with Gasteiger partial charge in [-0.15, -0.1) is 0 Å². The molecular formula is C16H16F3IO7S. The van der Waals surface area contributed by atoms with E-state index in [0.29, 0.717) is 16.4 Å². The highest BCUT2D eigenvalue weighted by Gasteiger charge is 2.46. The number of carbonyl (C=O) groups excluding carboxylic acids is 2. The number of rotatable bonds is 6. The summed E-state index contributed by atoms with van der Waals surface area (Å²) < 4.78 is 79.2. The molecule has 1 aromatic carbocycles. The molecule has 0 saturated heterocycles. The highest BCUT2D eigenvalue weighted by Crippen LogP contribution is 2.30. The molecule has 156 valence electrons. The lowest BCUT2D eigenvalue weighted by atomic mass is 10.1. The summed E-state index contributed by atoms with van der Waals surface area (Å²) in [4.78, 5) is 24.4. The first kappa shape index (κ1) is 22.9. The Labute approximate surface area is 172 Å². The van der Waals surface area contributed by atoms with Crippen molar-refractivity contribution >= 4 is 44.6 Å². The van der Waals surface area contributed by atoms with Crippen LogP contribution in [0.4, 0.5) is 13.2 Å². The summed E-state index contributed by atoms with van der Waals surface area (Å²) in [5.41, 5.74) is -0.462. The molecule has 1 aliphatic rings. The highest BCUT2D eigenvalue weighted by molar-refractivity contribution is 14.1. The third-order valence-electron chi connectivity index (χ3n) is 4.04. The molecule has 1 N–H and O–H groups in total. The molecule has 1 fully saturated rings. The van der Waals surface area contributed by atoms with Gasteiger partial charge in [-0.3, -0.25) is 9.35 Å². The summed E-state index contributed by atoms with van der Waals surface area (Å²) in [5, 5.41) is 0. The molecule has 2 rings (SSSR count). The second-order valence-electron chi connectivity index (χ2n) is 6.23. The van der Waals surface area contributed by atoms with Crippen LogP contribution in [0.5, 0.6) is 5.75 Å². The molecule has 1 aliphatic carbocycles. The van der Waals surface area contributed by atoms with Crippen molar-refractivity contribution in [1.29, 1.82) is 0 Å². The molecule has 0 aromatic heterocycles. The van der Waals surface area contributed by atoms with Gasteiger partial charge >= 0.3 is 18.1 Å². The lowest BCUT2D eigenvalue weighted by Gasteiger charge is -2.20. The summed E-state index contributed by atoms with van der Waals surface area (Å²) in [5.74, 6) is -4.61. The number of esters is 2.